The Morgan fingerprint density at radius 3 is 1.79 bits per heavy atom. The Balaban J connectivity index is 6.85. The van der Waals surface area contributed by atoms with Crippen molar-refractivity contribution in [3.05, 3.63) is 0 Å². The van der Waals surface area contributed by atoms with Gasteiger partial charge in [0.15, 0.2) is 6.10 Å². The summed E-state index contributed by atoms with van der Waals surface area (Å²) in [4.78, 5) is 59.1. The van der Waals surface area contributed by atoms with E-state index in [-0.39, 0.29) is 4.86 Å². The minimum absolute atomic E-state index is 0.382. The monoisotopic (exact) mass is 421 g/mol. The first kappa shape index (κ1) is 25.6. The average Bonchev–Trinajstić information content (AvgIpc) is 2.54. The molecule has 0 radical (unpaired) electrons. The highest BCUT2D eigenvalue weighted by Crippen LogP contribution is 2.26. The standard InChI is InChI=1S/C16H23NO10S/c1-7(28)14(24)16(17-8(2)19,27-11(5)22)15(26-10(4)21)13(12(23)6-18)25-9(3)20/h12-13,15,18,23H,6H2,1-5H3,(H,17,19)/t12-,13-,15+,16+/m1/s1. The van der Waals surface area contributed by atoms with Crippen LogP contribution in [0.15, 0.2) is 0 Å². The number of ketones is 1. The maximum absolute atomic E-state index is 12.9. The van der Waals surface area contributed by atoms with Gasteiger partial charge in [-0.1, -0.05) is 12.2 Å². The highest BCUT2D eigenvalue weighted by molar-refractivity contribution is 7.82. The van der Waals surface area contributed by atoms with E-state index in [1.165, 1.54) is 0 Å². The van der Waals surface area contributed by atoms with Crippen molar-refractivity contribution in [2.45, 2.75) is 58.7 Å². The summed E-state index contributed by atoms with van der Waals surface area (Å²) >= 11 is 4.82. The van der Waals surface area contributed by atoms with Crippen molar-refractivity contribution < 1.29 is 48.4 Å². The lowest BCUT2D eigenvalue weighted by atomic mass is 9.91. The van der Waals surface area contributed by atoms with Crippen LogP contribution in [-0.2, 0) is 38.2 Å². The molecule has 3 N–H and O–H groups in total. The fourth-order valence-electron chi connectivity index (χ4n) is 2.33. The number of hydrogen-bond donors (Lipinski definition) is 3. The van der Waals surface area contributed by atoms with E-state index < -0.39 is 60.2 Å². The second kappa shape index (κ2) is 10.8. The summed E-state index contributed by atoms with van der Waals surface area (Å²) < 4.78 is 14.9. The van der Waals surface area contributed by atoms with Crippen LogP contribution >= 0.6 is 12.2 Å². The van der Waals surface area contributed by atoms with Gasteiger partial charge in [0.1, 0.15) is 6.10 Å². The molecule has 11 nitrogen and oxygen atoms in total. The van der Waals surface area contributed by atoms with Gasteiger partial charge < -0.3 is 29.7 Å². The molecule has 0 spiro atoms. The fourth-order valence-corrected chi connectivity index (χ4v) is 2.49. The summed E-state index contributed by atoms with van der Waals surface area (Å²) in [5.41, 5.74) is -2.76. The average molecular weight is 421 g/mol. The van der Waals surface area contributed by atoms with Crippen molar-refractivity contribution >= 4 is 46.7 Å². The van der Waals surface area contributed by atoms with Crippen molar-refractivity contribution in [1.29, 1.82) is 0 Å². The SMILES string of the molecule is CC(=O)N[C@](OC(C)=O)(C(=O)C(C)=S)[C@@H](OC(C)=O)[C@H](OC(C)=O)[C@H](O)CO. The molecule has 0 aliphatic rings. The molecule has 0 heterocycles. The molecule has 0 fully saturated rings. The maximum Gasteiger partial charge on any atom is 0.305 e. The van der Waals surface area contributed by atoms with Crippen LogP contribution in [0.1, 0.15) is 34.6 Å². The third-order valence-electron chi connectivity index (χ3n) is 3.18. The van der Waals surface area contributed by atoms with Gasteiger partial charge in [-0.25, -0.2) is 0 Å². The van der Waals surface area contributed by atoms with Gasteiger partial charge in [-0.05, 0) is 6.92 Å². The smallest absolute Gasteiger partial charge is 0.305 e. The molecule has 0 aliphatic carbocycles. The van der Waals surface area contributed by atoms with E-state index in [0.717, 1.165) is 34.6 Å². The Bertz CT molecular complexity index is 646. The zero-order valence-corrected chi connectivity index (χ0v) is 16.8. The fraction of sp³-hybridized carbons (Fsp3) is 0.625. The molecule has 0 aromatic rings. The van der Waals surface area contributed by atoms with Crippen LogP contribution < -0.4 is 5.32 Å². The van der Waals surface area contributed by atoms with Crippen LogP contribution in [0.2, 0.25) is 0 Å². The Morgan fingerprint density at radius 1 is 0.964 bits per heavy atom. The Kier molecular flexibility index (Phi) is 9.84. The van der Waals surface area contributed by atoms with Gasteiger partial charge in [-0.3, -0.25) is 24.0 Å². The number of hydrogen-bond acceptors (Lipinski definition) is 11. The number of rotatable bonds is 10. The molecule has 0 rings (SSSR count). The van der Waals surface area contributed by atoms with Crippen LogP contribution in [0.5, 0.6) is 0 Å². The van der Waals surface area contributed by atoms with E-state index in [1.54, 1.807) is 0 Å². The number of amides is 1. The van der Waals surface area contributed by atoms with E-state index in [2.05, 4.69) is 5.32 Å². The number of ether oxygens (including phenoxy) is 3. The Labute approximate surface area is 166 Å². The van der Waals surface area contributed by atoms with Crippen LogP contribution in [0.3, 0.4) is 0 Å². The number of carbonyl (C=O) groups excluding carboxylic acids is 5. The number of thiocarbonyl (C=S) groups is 1. The van der Waals surface area contributed by atoms with E-state index in [1.807, 2.05) is 0 Å². The molecule has 12 heteroatoms. The number of aliphatic hydroxyl groups is 2. The van der Waals surface area contributed by atoms with Gasteiger partial charge >= 0.3 is 17.9 Å². The summed E-state index contributed by atoms with van der Waals surface area (Å²) in [7, 11) is 0. The number of esters is 3. The topological polar surface area (TPSA) is 166 Å². The third-order valence-corrected chi connectivity index (χ3v) is 3.37. The summed E-state index contributed by atoms with van der Waals surface area (Å²) in [6, 6.07) is 0. The highest BCUT2D eigenvalue weighted by Gasteiger charge is 2.58. The molecule has 1 amide bonds. The molecular weight excluding hydrogens is 398 g/mol. The zero-order valence-electron chi connectivity index (χ0n) is 16.0. The van der Waals surface area contributed by atoms with Gasteiger partial charge in [0, 0.05) is 27.7 Å². The molecule has 0 aromatic carbocycles. The highest BCUT2D eigenvalue weighted by atomic mass is 32.1. The summed E-state index contributed by atoms with van der Waals surface area (Å²) in [6.45, 7) is 3.90. The molecule has 0 saturated heterocycles. The van der Waals surface area contributed by atoms with Crippen LogP contribution in [0, 0.1) is 0 Å². The van der Waals surface area contributed by atoms with Gasteiger partial charge in [0.25, 0.3) is 5.72 Å². The molecular formula is C16H23NO10S. The second-order valence-corrected chi connectivity index (χ2v) is 6.36. The van der Waals surface area contributed by atoms with Gasteiger partial charge in [-0.15, -0.1) is 0 Å². The van der Waals surface area contributed by atoms with Crippen LogP contribution in [0.4, 0.5) is 0 Å². The van der Waals surface area contributed by atoms with Crippen molar-refractivity contribution in [3.63, 3.8) is 0 Å². The molecule has 0 bridgehead atoms. The lowest BCUT2D eigenvalue weighted by Gasteiger charge is -2.41. The van der Waals surface area contributed by atoms with Crippen molar-refractivity contribution in [2.75, 3.05) is 6.61 Å². The minimum atomic E-state index is -2.76. The van der Waals surface area contributed by atoms with Gasteiger partial charge in [0.05, 0.1) is 11.5 Å². The van der Waals surface area contributed by atoms with E-state index in [0.29, 0.717) is 0 Å². The number of nitrogens with one attached hydrogen (secondary N) is 1. The largest absolute Gasteiger partial charge is 0.455 e. The van der Waals surface area contributed by atoms with E-state index in [9.17, 15) is 34.2 Å². The maximum atomic E-state index is 12.9. The predicted octanol–water partition coefficient (Wildman–Crippen LogP) is -1.44. The van der Waals surface area contributed by atoms with Crippen LogP contribution in [0.25, 0.3) is 0 Å². The molecule has 0 aliphatic heterocycles. The van der Waals surface area contributed by atoms with Crippen molar-refractivity contribution in [1.82, 2.24) is 5.32 Å². The molecule has 0 aromatic heterocycles. The van der Waals surface area contributed by atoms with Gasteiger partial charge in [-0.2, -0.15) is 0 Å². The lowest BCUT2D eigenvalue weighted by molar-refractivity contribution is -0.218. The molecule has 28 heavy (non-hydrogen) atoms. The normalized spacial score (nSPS) is 15.8. The van der Waals surface area contributed by atoms with Crippen molar-refractivity contribution in [2.24, 2.45) is 0 Å². The first-order valence-electron chi connectivity index (χ1n) is 7.95. The number of carbonyl (C=O) groups is 5. The first-order chi connectivity index (χ1) is 12.8. The van der Waals surface area contributed by atoms with Crippen molar-refractivity contribution in [3.8, 4) is 0 Å². The number of Topliss-reactive ketones (excluding diaryl/α,β-unsaturated/α-hetero) is 1. The number of aliphatic hydroxyl groups excluding tert-OH is 2. The van der Waals surface area contributed by atoms with Crippen LogP contribution in [-0.4, -0.2) is 75.3 Å². The zero-order chi connectivity index (χ0) is 22.2. The predicted molar refractivity (Wildman–Crippen MR) is 95.8 cm³/mol. The summed E-state index contributed by atoms with van der Waals surface area (Å²) in [6.07, 6.45) is -5.86. The first-order valence-corrected chi connectivity index (χ1v) is 8.36. The Hall–Kier alpha value is -2.44. The lowest BCUT2D eigenvalue weighted by Crippen LogP contribution is -2.70. The minimum Gasteiger partial charge on any atom is -0.455 e. The quantitative estimate of drug-likeness (QED) is 0.164. The molecule has 4 atom stereocenters. The summed E-state index contributed by atoms with van der Waals surface area (Å²) in [5, 5.41) is 21.4. The van der Waals surface area contributed by atoms with E-state index in [4.69, 9.17) is 26.4 Å². The summed E-state index contributed by atoms with van der Waals surface area (Å²) in [5.74, 6) is -5.18. The van der Waals surface area contributed by atoms with Gasteiger partial charge in [0.2, 0.25) is 17.8 Å². The third kappa shape index (κ3) is 6.94. The molecule has 158 valence electrons. The Morgan fingerprint density at radius 2 is 1.46 bits per heavy atom. The molecule has 0 saturated carbocycles. The second-order valence-electron chi connectivity index (χ2n) is 5.75. The molecule has 0 unspecified atom stereocenters. The van der Waals surface area contributed by atoms with E-state index >= 15 is 0 Å².